The minimum Gasteiger partial charge on any atom is -0.382 e. The zero-order valence-corrected chi connectivity index (χ0v) is 8.41. The van der Waals surface area contributed by atoms with Crippen LogP contribution in [-0.2, 0) is 0 Å². The van der Waals surface area contributed by atoms with Crippen LogP contribution in [0.1, 0.15) is 10.4 Å². The highest BCUT2D eigenvalue weighted by Gasteiger charge is 2.38. The second kappa shape index (κ2) is 5.00. The summed E-state index contributed by atoms with van der Waals surface area (Å²) in [5.41, 5.74) is -1.03. The van der Waals surface area contributed by atoms with Crippen LogP contribution in [0.25, 0.3) is 0 Å². The molecule has 1 aromatic heterocycles. The summed E-state index contributed by atoms with van der Waals surface area (Å²) in [6, 6.07) is 2.52. The third-order valence-corrected chi connectivity index (χ3v) is 1.90. The van der Waals surface area contributed by atoms with E-state index in [1.807, 2.05) is 5.32 Å². The van der Waals surface area contributed by atoms with Crippen molar-refractivity contribution in [3.05, 3.63) is 34.2 Å². The molecule has 1 amide bonds. The summed E-state index contributed by atoms with van der Waals surface area (Å²) in [6.07, 6.45) is -6.19. The molecule has 1 heterocycles. The van der Waals surface area contributed by atoms with Gasteiger partial charge in [0, 0.05) is 6.20 Å². The number of amides is 1. The molecule has 1 rings (SSSR count). The fourth-order valence-corrected chi connectivity index (χ4v) is 1.00. The Labute approximate surface area is 93.3 Å². The molecule has 3 N–H and O–H groups in total. The van der Waals surface area contributed by atoms with Gasteiger partial charge in [0.1, 0.15) is 5.56 Å². The fourth-order valence-electron chi connectivity index (χ4n) is 1.00. The zero-order valence-electron chi connectivity index (χ0n) is 8.41. The molecule has 0 aliphatic carbocycles. The van der Waals surface area contributed by atoms with E-state index in [0.717, 1.165) is 6.07 Å². The Balaban J connectivity index is 2.63. The van der Waals surface area contributed by atoms with E-state index in [-0.39, 0.29) is 5.56 Å². The molecule has 0 saturated heterocycles. The van der Waals surface area contributed by atoms with E-state index >= 15 is 0 Å². The number of H-pyrrole nitrogens is 1. The summed E-state index contributed by atoms with van der Waals surface area (Å²) in [6.45, 7) is -1.00. The van der Waals surface area contributed by atoms with E-state index < -0.39 is 30.3 Å². The Morgan fingerprint density at radius 1 is 1.53 bits per heavy atom. The number of carbonyl (C=O) groups is 1. The maximum atomic E-state index is 11.9. The third kappa shape index (κ3) is 3.59. The molecule has 5 nitrogen and oxygen atoms in total. The number of aromatic amines is 1. The smallest absolute Gasteiger partial charge is 0.382 e. The summed E-state index contributed by atoms with van der Waals surface area (Å²) in [5.74, 6) is -0.977. The van der Waals surface area contributed by atoms with Gasteiger partial charge in [0.15, 0.2) is 6.10 Å². The largest absolute Gasteiger partial charge is 0.416 e. The van der Waals surface area contributed by atoms with Crippen molar-refractivity contribution in [2.24, 2.45) is 0 Å². The molecule has 0 radical (unpaired) electrons. The van der Waals surface area contributed by atoms with Crippen LogP contribution >= 0.6 is 0 Å². The maximum absolute atomic E-state index is 11.9. The number of alkyl halides is 3. The summed E-state index contributed by atoms with van der Waals surface area (Å²) >= 11 is 0. The van der Waals surface area contributed by atoms with Crippen molar-refractivity contribution in [3.8, 4) is 0 Å². The Morgan fingerprint density at radius 2 is 2.18 bits per heavy atom. The molecule has 0 fully saturated rings. The monoisotopic (exact) mass is 250 g/mol. The molecule has 0 aliphatic rings. The summed E-state index contributed by atoms with van der Waals surface area (Å²) in [5, 5.41) is 10.4. The summed E-state index contributed by atoms with van der Waals surface area (Å²) in [7, 11) is 0. The van der Waals surface area contributed by atoms with Gasteiger partial charge >= 0.3 is 6.18 Å². The molecule has 17 heavy (non-hydrogen) atoms. The standard InChI is InChI=1S/C9H9F3N2O3/c10-9(11,12)6(15)4-14-8(17)5-2-1-3-13-7(5)16/h1-3,6,15H,4H2,(H,13,16)(H,14,17). The number of rotatable bonds is 3. The Morgan fingerprint density at radius 3 is 2.71 bits per heavy atom. The van der Waals surface area contributed by atoms with Crippen molar-refractivity contribution in [2.45, 2.75) is 12.3 Å². The molecule has 1 aromatic rings. The van der Waals surface area contributed by atoms with Gasteiger partial charge in [0.25, 0.3) is 11.5 Å². The lowest BCUT2D eigenvalue weighted by molar-refractivity contribution is -0.201. The first-order valence-electron chi connectivity index (χ1n) is 4.53. The van der Waals surface area contributed by atoms with Crippen LogP contribution in [0.15, 0.2) is 23.1 Å². The lowest BCUT2D eigenvalue weighted by Crippen LogP contribution is -2.41. The number of pyridine rings is 1. The fraction of sp³-hybridized carbons (Fsp3) is 0.333. The molecule has 94 valence electrons. The topological polar surface area (TPSA) is 82.2 Å². The van der Waals surface area contributed by atoms with E-state index in [1.54, 1.807) is 0 Å². The molecule has 0 aromatic carbocycles. The third-order valence-electron chi connectivity index (χ3n) is 1.90. The minimum absolute atomic E-state index is 0.318. The molecular formula is C9H9F3N2O3. The molecule has 1 unspecified atom stereocenters. The number of aliphatic hydroxyl groups is 1. The highest BCUT2D eigenvalue weighted by molar-refractivity contribution is 5.93. The van der Waals surface area contributed by atoms with Crippen LogP contribution in [0.3, 0.4) is 0 Å². The molecule has 1 atom stereocenters. The lowest BCUT2D eigenvalue weighted by Gasteiger charge is -2.14. The van der Waals surface area contributed by atoms with E-state index in [0.29, 0.717) is 0 Å². The molecule has 0 saturated carbocycles. The van der Waals surface area contributed by atoms with E-state index in [1.165, 1.54) is 12.3 Å². The molecule has 0 aliphatic heterocycles. The highest BCUT2D eigenvalue weighted by Crippen LogP contribution is 2.19. The first-order valence-corrected chi connectivity index (χ1v) is 4.53. The van der Waals surface area contributed by atoms with E-state index in [4.69, 9.17) is 5.11 Å². The van der Waals surface area contributed by atoms with Crippen LogP contribution in [0.5, 0.6) is 0 Å². The number of carbonyl (C=O) groups excluding carboxylic acids is 1. The number of halogens is 3. The number of nitrogens with one attached hydrogen (secondary N) is 2. The highest BCUT2D eigenvalue weighted by atomic mass is 19.4. The summed E-state index contributed by atoms with van der Waals surface area (Å²) in [4.78, 5) is 24.6. The van der Waals surface area contributed by atoms with Crippen molar-refractivity contribution in [2.75, 3.05) is 6.54 Å². The van der Waals surface area contributed by atoms with Gasteiger partial charge in [0.05, 0.1) is 6.54 Å². The van der Waals surface area contributed by atoms with Crippen LogP contribution in [0.4, 0.5) is 13.2 Å². The van der Waals surface area contributed by atoms with Crippen molar-refractivity contribution in [1.82, 2.24) is 10.3 Å². The van der Waals surface area contributed by atoms with Gasteiger partial charge in [0.2, 0.25) is 0 Å². The van der Waals surface area contributed by atoms with Crippen molar-refractivity contribution >= 4 is 5.91 Å². The van der Waals surface area contributed by atoms with Gasteiger partial charge in [-0.3, -0.25) is 9.59 Å². The predicted molar refractivity (Wildman–Crippen MR) is 51.5 cm³/mol. The number of hydrogen-bond acceptors (Lipinski definition) is 3. The van der Waals surface area contributed by atoms with Crippen molar-refractivity contribution in [1.29, 1.82) is 0 Å². The molecule has 8 heteroatoms. The second-order valence-corrected chi connectivity index (χ2v) is 3.18. The van der Waals surface area contributed by atoms with E-state index in [2.05, 4.69) is 4.98 Å². The number of aliphatic hydroxyl groups excluding tert-OH is 1. The number of hydrogen-bond donors (Lipinski definition) is 3. The molecular weight excluding hydrogens is 241 g/mol. The molecule has 0 bridgehead atoms. The van der Waals surface area contributed by atoms with Gasteiger partial charge in [-0.2, -0.15) is 13.2 Å². The quantitative estimate of drug-likeness (QED) is 0.707. The van der Waals surface area contributed by atoms with Gasteiger partial charge < -0.3 is 15.4 Å². The normalized spacial score (nSPS) is 13.2. The predicted octanol–water partition coefficient (Wildman–Crippen LogP) is 0.0279. The van der Waals surface area contributed by atoms with Gasteiger partial charge in [-0.15, -0.1) is 0 Å². The van der Waals surface area contributed by atoms with Crippen molar-refractivity contribution < 1.29 is 23.1 Å². The Bertz CT molecular complexity index is 455. The number of aromatic nitrogens is 1. The average molecular weight is 250 g/mol. The van der Waals surface area contributed by atoms with Crippen LogP contribution in [-0.4, -0.2) is 34.8 Å². The van der Waals surface area contributed by atoms with Crippen LogP contribution < -0.4 is 10.9 Å². The first-order chi connectivity index (χ1) is 7.82. The van der Waals surface area contributed by atoms with Crippen LogP contribution in [0, 0.1) is 0 Å². The Hall–Kier alpha value is -1.83. The maximum Gasteiger partial charge on any atom is 0.416 e. The van der Waals surface area contributed by atoms with Gasteiger partial charge in [-0.05, 0) is 12.1 Å². The van der Waals surface area contributed by atoms with E-state index in [9.17, 15) is 22.8 Å². The first kappa shape index (κ1) is 13.2. The average Bonchev–Trinajstić information content (AvgIpc) is 2.24. The van der Waals surface area contributed by atoms with Gasteiger partial charge in [-0.25, -0.2) is 0 Å². The minimum atomic E-state index is -4.81. The second-order valence-electron chi connectivity index (χ2n) is 3.18. The lowest BCUT2D eigenvalue weighted by atomic mass is 10.2. The Kier molecular flexibility index (Phi) is 3.89. The van der Waals surface area contributed by atoms with Gasteiger partial charge in [-0.1, -0.05) is 0 Å². The zero-order chi connectivity index (χ0) is 13.1. The SMILES string of the molecule is O=C(NCC(O)C(F)(F)F)c1ccc[nH]c1=O. The molecule has 0 spiro atoms. The van der Waals surface area contributed by atoms with Crippen LogP contribution in [0.2, 0.25) is 0 Å². The van der Waals surface area contributed by atoms with Crippen molar-refractivity contribution in [3.63, 3.8) is 0 Å². The summed E-state index contributed by atoms with van der Waals surface area (Å²) < 4.78 is 35.7.